The average molecular weight is 406 g/mol. The molecule has 0 radical (unpaired) electrons. The van der Waals surface area contributed by atoms with E-state index in [1.165, 1.54) is 10.9 Å². The van der Waals surface area contributed by atoms with E-state index in [2.05, 4.69) is 10.3 Å². The molecule has 0 saturated carbocycles. The summed E-state index contributed by atoms with van der Waals surface area (Å²) in [7, 11) is 1.58. The predicted molar refractivity (Wildman–Crippen MR) is 104 cm³/mol. The molecule has 0 amide bonds. The molecule has 0 aromatic carbocycles. The maximum absolute atomic E-state index is 12.9. The van der Waals surface area contributed by atoms with Crippen molar-refractivity contribution in [1.82, 2.24) is 14.9 Å². The molecule has 10 heteroatoms. The van der Waals surface area contributed by atoms with E-state index in [9.17, 15) is 19.7 Å². The molecule has 2 heterocycles. The molecule has 0 bridgehead atoms. The molecule has 0 unspecified atom stereocenters. The topological polar surface area (TPSA) is 126 Å². The van der Waals surface area contributed by atoms with Gasteiger partial charge in [-0.1, -0.05) is 13.8 Å². The first-order valence-corrected chi connectivity index (χ1v) is 9.42. The largest absolute Gasteiger partial charge is 0.462 e. The van der Waals surface area contributed by atoms with E-state index in [1.807, 2.05) is 13.8 Å². The first-order valence-electron chi connectivity index (χ1n) is 9.42. The number of allylic oxidation sites excluding steroid dienone is 2. The molecule has 0 spiro atoms. The van der Waals surface area contributed by atoms with Gasteiger partial charge in [-0.2, -0.15) is 0 Å². The number of imidazole rings is 1. The Kier molecular flexibility index (Phi) is 7.13. The van der Waals surface area contributed by atoms with E-state index < -0.39 is 28.6 Å². The Labute approximate surface area is 168 Å². The lowest BCUT2D eigenvalue weighted by molar-refractivity contribution is -0.390. The molecular weight excluding hydrogens is 380 g/mol. The third-order valence-electron chi connectivity index (χ3n) is 4.48. The zero-order valence-electron chi connectivity index (χ0n) is 17.3. The van der Waals surface area contributed by atoms with Crippen LogP contribution in [0.1, 0.15) is 52.1 Å². The zero-order valence-corrected chi connectivity index (χ0v) is 17.3. The Morgan fingerprint density at radius 2 is 1.62 bits per heavy atom. The summed E-state index contributed by atoms with van der Waals surface area (Å²) in [5, 5.41) is 14.6. The van der Waals surface area contributed by atoms with Crippen LogP contribution >= 0.6 is 0 Å². The molecule has 1 aromatic rings. The average Bonchev–Trinajstić information content (AvgIpc) is 3.05. The summed E-state index contributed by atoms with van der Waals surface area (Å²) in [5.41, 5.74) is 1.27. The summed E-state index contributed by atoms with van der Waals surface area (Å²) in [4.78, 5) is 40.5. The van der Waals surface area contributed by atoms with Crippen molar-refractivity contribution >= 4 is 17.8 Å². The van der Waals surface area contributed by atoms with Crippen LogP contribution in [-0.2, 0) is 26.1 Å². The van der Waals surface area contributed by atoms with Crippen LogP contribution < -0.4 is 5.32 Å². The molecule has 2 rings (SSSR count). The van der Waals surface area contributed by atoms with Crippen molar-refractivity contribution in [3.8, 4) is 0 Å². The summed E-state index contributed by atoms with van der Waals surface area (Å²) in [6.45, 7) is 7.41. The second-order valence-corrected chi connectivity index (χ2v) is 6.73. The zero-order chi connectivity index (χ0) is 21.7. The molecule has 1 aromatic heterocycles. The van der Waals surface area contributed by atoms with Crippen molar-refractivity contribution in [3.05, 3.63) is 44.7 Å². The predicted octanol–water partition coefficient (Wildman–Crippen LogP) is 2.47. The van der Waals surface area contributed by atoms with Crippen LogP contribution in [0.4, 0.5) is 5.82 Å². The lowest BCUT2D eigenvalue weighted by Gasteiger charge is -2.29. The minimum absolute atomic E-state index is 0.113. The van der Waals surface area contributed by atoms with Gasteiger partial charge in [0.1, 0.15) is 5.69 Å². The number of esters is 2. The fraction of sp³-hybridized carbons (Fsp3) is 0.526. The number of rotatable bonds is 8. The molecular formula is C19H26N4O6. The van der Waals surface area contributed by atoms with Gasteiger partial charge in [-0.15, -0.1) is 0 Å². The van der Waals surface area contributed by atoms with E-state index >= 15 is 0 Å². The molecule has 0 aliphatic carbocycles. The van der Waals surface area contributed by atoms with Crippen molar-refractivity contribution < 1.29 is 24.0 Å². The fourth-order valence-electron chi connectivity index (χ4n) is 3.25. The number of nitrogens with one attached hydrogen (secondary N) is 1. The minimum atomic E-state index is -1.04. The van der Waals surface area contributed by atoms with E-state index in [-0.39, 0.29) is 30.1 Å². The Morgan fingerprint density at radius 1 is 1.14 bits per heavy atom. The minimum Gasteiger partial charge on any atom is -0.462 e. The molecule has 1 aliphatic heterocycles. The van der Waals surface area contributed by atoms with Gasteiger partial charge in [-0.05, 0) is 36.6 Å². The van der Waals surface area contributed by atoms with Crippen molar-refractivity contribution in [2.24, 2.45) is 7.05 Å². The standard InChI is InChI=1S/C19H26N4O6/c1-6-8-28-18(24)13-11(3)21-12(4)14(19(25)29-9-7-2)15(13)16-17(23(26)27)20-10-22(16)5/h10,15,21H,6-9H2,1-5H3. The van der Waals surface area contributed by atoms with Gasteiger partial charge in [-0.25, -0.2) is 9.59 Å². The third-order valence-corrected chi connectivity index (χ3v) is 4.48. The number of ether oxygens (including phenoxy) is 2. The number of nitro groups is 1. The van der Waals surface area contributed by atoms with Crippen molar-refractivity contribution in [2.75, 3.05) is 13.2 Å². The highest BCUT2D eigenvalue weighted by Crippen LogP contribution is 2.42. The van der Waals surface area contributed by atoms with Gasteiger partial charge in [-0.3, -0.25) is 0 Å². The molecule has 10 nitrogen and oxygen atoms in total. The molecule has 158 valence electrons. The van der Waals surface area contributed by atoms with Crippen molar-refractivity contribution in [1.29, 1.82) is 0 Å². The van der Waals surface area contributed by atoms with Crippen LogP contribution in [0.25, 0.3) is 0 Å². The van der Waals surface area contributed by atoms with Gasteiger partial charge < -0.3 is 29.5 Å². The number of dihydropyridines is 1. The van der Waals surface area contributed by atoms with Crippen LogP contribution in [0.5, 0.6) is 0 Å². The fourth-order valence-corrected chi connectivity index (χ4v) is 3.25. The van der Waals surface area contributed by atoms with Gasteiger partial charge in [0.15, 0.2) is 0 Å². The monoisotopic (exact) mass is 406 g/mol. The third kappa shape index (κ3) is 4.47. The summed E-state index contributed by atoms with van der Waals surface area (Å²) >= 11 is 0. The van der Waals surface area contributed by atoms with Gasteiger partial charge in [0.2, 0.25) is 6.33 Å². The van der Waals surface area contributed by atoms with E-state index in [0.717, 1.165) is 0 Å². The molecule has 29 heavy (non-hydrogen) atoms. The maximum atomic E-state index is 12.9. The molecule has 1 aliphatic rings. The Morgan fingerprint density at radius 3 is 2.03 bits per heavy atom. The molecule has 1 N–H and O–H groups in total. The highest BCUT2D eigenvalue weighted by molar-refractivity contribution is 6.00. The van der Waals surface area contributed by atoms with E-state index in [0.29, 0.717) is 24.2 Å². The Hall–Kier alpha value is -3.17. The number of aryl methyl sites for hydroxylation is 1. The first-order chi connectivity index (χ1) is 13.7. The van der Waals surface area contributed by atoms with Crippen LogP contribution in [0.2, 0.25) is 0 Å². The lowest BCUT2D eigenvalue weighted by atomic mass is 9.82. The number of nitrogens with zero attached hydrogens (tertiary/aromatic N) is 3. The van der Waals surface area contributed by atoms with Crippen molar-refractivity contribution in [3.63, 3.8) is 0 Å². The second-order valence-electron chi connectivity index (χ2n) is 6.73. The van der Waals surface area contributed by atoms with E-state index in [1.54, 1.807) is 20.9 Å². The first kappa shape index (κ1) is 22.1. The van der Waals surface area contributed by atoms with Gasteiger partial charge in [0.05, 0.1) is 30.3 Å². The molecule has 0 saturated heterocycles. The second kappa shape index (κ2) is 9.35. The SMILES string of the molecule is CCCOC(=O)C1=C(C)NC(C)=C(C(=O)OCCC)C1c1c([N+](=O)[O-])ncn1C. The van der Waals surface area contributed by atoms with Crippen LogP contribution in [0.15, 0.2) is 28.9 Å². The summed E-state index contributed by atoms with van der Waals surface area (Å²) in [6, 6.07) is 0. The Balaban J connectivity index is 2.69. The lowest BCUT2D eigenvalue weighted by Crippen LogP contribution is -2.33. The quantitative estimate of drug-likeness (QED) is 0.396. The van der Waals surface area contributed by atoms with Gasteiger partial charge in [0.25, 0.3) is 0 Å². The van der Waals surface area contributed by atoms with Crippen LogP contribution in [0.3, 0.4) is 0 Å². The highest BCUT2D eigenvalue weighted by atomic mass is 16.6. The van der Waals surface area contributed by atoms with Crippen LogP contribution in [0, 0.1) is 10.1 Å². The highest BCUT2D eigenvalue weighted by Gasteiger charge is 2.43. The van der Waals surface area contributed by atoms with E-state index in [4.69, 9.17) is 9.47 Å². The number of hydrogen-bond donors (Lipinski definition) is 1. The van der Waals surface area contributed by atoms with Crippen molar-refractivity contribution in [2.45, 2.75) is 46.5 Å². The number of carbonyl (C=O) groups is 2. The van der Waals surface area contributed by atoms with Gasteiger partial charge >= 0.3 is 17.8 Å². The maximum Gasteiger partial charge on any atom is 0.385 e. The summed E-state index contributed by atoms with van der Waals surface area (Å²) in [5.74, 6) is -2.77. The van der Waals surface area contributed by atoms with Crippen LogP contribution in [-0.4, -0.2) is 39.6 Å². The normalized spacial score (nSPS) is 14.7. The summed E-state index contributed by atoms with van der Waals surface area (Å²) in [6.07, 6.45) is 2.51. The summed E-state index contributed by atoms with van der Waals surface area (Å²) < 4.78 is 12.0. The van der Waals surface area contributed by atoms with Gasteiger partial charge in [0, 0.05) is 18.4 Å². The number of hydrogen-bond acceptors (Lipinski definition) is 8. The number of carbonyl (C=O) groups excluding carboxylic acids is 2. The number of aromatic nitrogens is 2. The molecule has 0 atom stereocenters. The smallest absolute Gasteiger partial charge is 0.385 e. The Bertz CT molecular complexity index is 841. The molecule has 0 fully saturated rings.